The lowest BCUT2D eigenvalue weighted by atomic mass is 10.00. The van der Waals surface area contributed by atoms with E-state index < -0.39 is 0 Å². The van der Waals surface area contributed by atoms with Crippen molar-refractivity contribution in [2.75, 3.05) is 0 Å². The number of hydrogen-bond donors (Lipinski definition) is 1. The summed E-state index contributed by atoms with van der Waals surface area (Å²) < 4.78 is 2.14. The molecule has 0 aliphatic carbocycles. The van der Waals surface area contributed by atoms with Crippen molar-refractivity contribution < 1.29 is 0 Å². The lowest BCUT2D eigenvalue weighted by Gasteiger charge is -2.03. The lowest BCUT2D eigenvalue weighted by Crippen LogP contribution is -1.94. The van der Waals surface area contributed by atoms with Crippen LogP contribution < -0.4 is 0 Å². The van der Waals surface area contributed by atoms with Crippen molar-refractivity contribution in [1.29, 1.82) is 0 Å². The summed E-state index contributed by atoms with van der Waals surface area (Å²) >= 11 is 0. The number of fused-ring (bicyclic) bond motifs is 2. The Balaban J connectivity index is 1.82. The average Bonchev–Trinajstić information content (AvgIpc) is 3.29. The van der Waals surface area contributed by atoms with Gasteiger partial charge >= 0.3 is 0 Å². The standard InChI is InChI=1S/C18H15N5/c1-2-7-20-14(4-1)18-17(16-5-3-9-23(16)22-18)13-10-21-15-11-19-8-6-12(13)15/h1-2,4,6-8,10-11,21H,3,5,9H2. The second-order valence-electron chi connectivity index (χ2n) is 5.84. The maximum absolute atomic E-state index is 4.85. The molecule has 5 nitrogen and oxygen atoms in total. The van der Waals surface area contributed by atoms with Crippen molar-refractivity contribution in [3.05, 3.63) is 54.7 Å². The first-order valence-electron chi connectivity index (χ1n) is 7.84. The summed E-state index contributed by atoms with van der Waals surface area (Å²) in [6.45, 7) is 0.985. The van der Waals surface area contributed by atoms with Gasteiger partial charge < -0.3 is 4.98 Å². The Hall–Kier alpha value is -2.95. The van der Waals surface area contributed by atoms with Gasteiger partial charge in [-0.05, 0) is 31.0 Å². The van der Waals surface area contributed by atoms with E-state index >= 15 is 0 Å². The third-order valence-corrected chi connectivity index (χ3v) is 4.50. The molecular weight excluding hydrogens is 286 g/mol. The van der Waals surface area contributed by atoms with Crippen LogP contribution in [0.15, 0.2) is 49.1 Å². The monoisotopic (exact) mass is 301 g/mol. The maximum atomic E-state index is 4.85. The minimum Gasteiger partial charge on any atom is -0.359 e. The van der Waals surface area contributed by atoms with Gasteiger partial charge in [0.25, 0.3) is 0 Å². The SMILES string of the molecule is c1ccc(-c2nn3c(c2-c2c[nH]c4cnccc24)CCC3)nc1. The van der Waals surface area contributed by atoms with E-state index in [9.17, 15) is 0 Å². The van der Waals surface area contributed by atoms with Crippen LogP contribution in [0, 0.1) is 0 Å². The van der Waals surface area contributed by atoms with Gasteiger partial charge in [-0.3, -0.25) is 14.6 Å². The Kier molecular flexibility index (Phi) is 2.61. The van der Waals surface area contributed by atoms with Crippen LogP contribution in [-0.2, 0) is 13.0 Å². The van der Waals surface area contributed by atoms with E-state index in [1.54, 1.807) is 0 Å². The highest BCUT2D eigenvalue weighted by molar-refractivity contribution is 5.99. The van der Waals surface area contributed by atoms with Crippen molar-refractivity contribution in [3.8, 4) is 22.5 Å². The highest BCUT2D eigenvalue weighted by atomic mass is 15.3. The first-order valence-corrected chi connectivity index (χ1v) is 7.84. The van der Waals surface area contributed by atoms with E-state index in [0.29, 0.717) is 0 Å². The highest BCUT2D eigenvalue weighted by Crippen LogP contribution is 2.39. The van der Waals surface area contributed by atoms with E-state index in [2.05, 4.69) is 31.9 Å². The number of H-pyrrole nitrogens is 1. The smallest absolute Gasteiger partial charge is 0.119 e. The molecule has 1 N–H and O–H groups in total. The van der Waals surface area contributed by atoms with Crippen LogP contribution in [0.5, 0.6) is 0 Å². The Morgan fingerprint density at radius 1 is 1.13 bits per heavy atom. The van der Waals surface area contributed by atoms with Crippen molar-refractivity contribution >= 4 is 10.9 Å². The lowest BCUT2D eigenvalue weighted by molar-refractivity contribution is 0.658. The molecule has 23 heavy (non-hydrogen) atoms. The maximum Gasteiger partial charge on any atom is 0.119 e. The van der Waals surface area contributed by atoms with Crippen LogP contribution in [0.2, 0.25) is 0 Å². The Morgan fingerprint density at radius 3 is 3.04 bits per heavy atom. The molecule has 0 amide bonds. The van der Waals surface area contributed by atoms with E-state index in [-0.39, 0.29) is 0 Å². The van der Waals surface area contributed by atoms with Crippen LogP contribution in [0.25, 0.3) is 33.4 Å². The number of hydrogen-bond acceptors (Lipinski definition) is 3. The molecule has 5 rings (SSSR count). The number of pyridine rings is 2. The molecule has 5 heterocycles. The molecule has 4 aromatic heterocycles. The quantitative estimate of drug-likeness (QED) is 0.617. The van der Waals surface area contributed by atoms with Gasteiger partial charge in [-0.1, -0.05) is 6.07 Å². The van der Waals surface area contributed by atoms with E-state index in [4.69, 9.17) is 5.10 Å². The number of aromatic nitrogens is 5. The zero-order valence-electron chi connectivity index (χ0n) is 12.5. The fraction of sp³-hybridized carbons (Fsp3) is 0.167. The fourth-order valence-electron chi connectivity index (χ4n) is 3.48. The number of nitrogens with one attached hydrogen (secondary N) is 1. The van der Waals surface area contributed by atoms with Crippen LogP contribution >= 0.6 is 0 Å². The Morgan fingerprint density at radius 2 is 2.13 bits per heavy atom. The first-order chi connectivity index (χ1) is 11.4. The predicted octanol–water partition coefficient (Wildman–Crippen LogP) is 3.43. The topological polar surface area (TPSA) is 59.4 Å². The molecule has 0 atom stereocenters. The molecule has 0 spiro atoms. The van der Waals surface area contributed by atoms with Gasteiger partial charge in [0.15, 0.2) is 0 Å². The minimum atomic E-state index is 0.924. The predicted molar refractivity (Wildman–Crippen MR) is 88.9 cm³/mol. The van der Waals surface area contributed by atoms with E-state index in [1.807, 2.05) is 36.8 Å². The normalized spacial score (nSPS) is 13.6. The summed E-state index contributed by atoms with van der Waals surface area (Å²) in [7, 11) is 0. The minimum absolute atomic E-state index is 0.924. The number of rotatable bonds is 2. The first kappa shape index (κ1) is 12.6. The molecule has 112 valence electrons. The summed E-state index contributed by atoms with van der Waals surface area (Å²) in [5, 5.41) is 6.03. The van der Waals surface area contributed by atoms with E-state index in [0.717, 1.165) is 36.3 Å². The van der Waals surface area contributed by atoms with Crippen LogP contribution in [0.1, 0.15) is 12.1 Å². The van der Waals surface area contributed by atoms with Gasteiger partial charge in [-0.2, -0.15) is 5.10 Å². The number of aryl methyl sites for hydroxylation is 1. The largest absolute Gasteiger partial charge is 0.359 e. The molecule has 0 bridgehead atoms. The van der Waals surface area contributed by atoms with Crippen LogP contribution in [0.4, 0.5) is 0 Å². The molecule has 1 aliphatic rings. The van der Waals surface area contributed by atoms with Crippen molar-refractivity contribution in [1.82, 2.24) is 24.7 Å². The average molecular weight is 301 g/mol. The molecule has 4 aromatic rings. The molecule has 1 aliphatic heterocycles. The van der Waals surface area contributed by atoms with Gasteiger partial charge in [0.2, 0.25) is 0 Å². The van der Waals surface area contributed by atoms with Crippen molar-refractivity contribution in [2.45, 2.75) is 19.4 Å². The molecule has 5 heteroatoms. The molecule has 0 aromatic carbocycles. The van der Waals surface area contributed by atoms with Crippen LogP contribution in [0.3, 0.4) is 0 Å². The highest BCUT2D eigenvalue weighted by Gasteiger charge is 2.25. The molecular formula is C18H15N5. The van der Waals surface area contributed by atoms with Gasteiger partial charge in [0.05, 0.1) is 17.4 Å². The third kappa shape index (κ3) is 1.83. The third-order valence-electron chi connectivity index (χ3n) is 4.50. The van der Waals surface area contributed by atoms with Gasteiger partial charge in [0, 0.05) is 47.3 Å². The molecule has 0 fully saturated rings. The zero-order valence-corrected chi connectivity index (χ0v) is 12.5. The van der Waals surface area contributed by atoms with Gasteiger partial charge in [0.1, 0.15) is 5.69 Å². The Labute approximate surface area is 133 Å². The second-order valence-corrected chi connectivity index (χ2v) is 5.84. The van der Waals surface area contributed by atoms with Gasteiger partial charge in [-0.25, -0.2) is 0 Å². The number of aromatic amines is 1. The Bertz CT molecular complexity index is 997. The van der Waals surface area contributed by atoms with Crippen molar-refractivity contribution in [3.63, 3.8) is 0 Å². The molecule has 0 saturated carbocycles. The summed E-state index contributed by atoms with van der Waals surface area (Å²) in [6, 6.07) is 8.03. The summed E-state index contributed by atoms with van der Waals surface area (Å²) in [6.07, 6.45) is 9.80. The summed E-state index contributed by atoms with van der Waals surface area (Å²) in [5.74, 6) is 0. The second kappa shape index (κ2) is 4.78. The van der Waals surface area contributed by atoms with Gasteiger partial charge in [-0.15, -0.1) is 0 Å². The van der Waals surface area contributed by atoms with Crippen molar-refractivity contribution in [2.24, 2.45) is 0 Å². The zero-order chi connectivity index (χ0) is 15.2. The summed E-state index contributed by atoms with van der Waals surface area (Å²) in [5.41, 5.74) is 6.64. The summed E-state index contributed by atoms with van der Waals surface area (Å²) in [4.78, 5) is 12.0. The fourth-order valence-corrected chi connectivity index (χ4v) is 3.48. The van der Waals surface area contributed by atoms with Crippen LogP contribution in [-0.4, -0.2) is 24.7 Å². The molecule has 0 saturated heterocycles. The molecule has 0 radical (unpaired) electrons. The number of nitrogens with zero attached hydrogens (tertiary/aromatic N) is 4. The molecule has 0 unspecified atom stereocenters. The van der Waals surface area contributed by atoms with E-state index in [1.165, 1.54) is 22.2 Å².